The van der Waals surface area contributed by atoms with Gasteiger partial charge >= 0.3 is 11.9 Å². The predicted octanol–water partition coefficient (Wildman–Crippen LogP) is 7.91. The smallest absolute Gasteiger partial charge is 0.323 e. The fourth-order valence-electron chi connectivity index (χ4n) is 4.55. The van der Waals surface area contributed by atoms with Crippen LogP contribution >= 0.6 is 0 Å². The van der Waals surface area contributed by atoms with Gasteiger partial charge in [0.05, 0.1) is 13.2 Å². The van der Waals surface area contributed by atoms with Gasteiger partial charge in [-0.15, -0.1) is 0 Å². The fourth-order valence-corrected chi connectivity index (χ4v) is 4.55. The third-order valence-corrected chi connectivity index (χ3v) is 6.70. The Morgan fingerprint density at radius 2 is 0.903 bits per heavy atom. The van der Waals surface area contributed by atoms with E-state index in [2.05, 4.69) is 13.8 Å². The van der Waals surface area contributed by atoms with E-state index in [4.69, 9.17) is 9.47 Å². The third-order valence-electron chi connectivity index (χ3n) is 6.70. The zero-order chi connectivity index (χ0) is 22.6. The molecule has 0 aliphatic heterocycles. The largest absolute Gasteiger partial charge is 0.465 e. The summed E-state index contributed by atoms with van der Waals surface area (Å²) in [7, 11) is 0. The van der Waals surface area contributed by atoms with E-state index >= 15 is 0 Å². The Labute approximate surface area is 192 Å². The first kappa shape index (κ1) is 28.0. The summed E-state index contributed by atoms with van der Waals surface area (Å²) >= 11 is 0. The van der Waals surface area contributed by atoms with Crippen molar-refractivity contribution in [1.82, 2.24) is 0 Å². The van der Waals surface area contributed by atoms with Crippen molar-refractivity contribution >= 4 is 11.9 Å². The summed E-state index contributed by atoms with van der Waals surface area (Å²) in [5, 5.41) is 0. The molecule has 0 radical (unpaired) electrons. The van der Waals surface area contributed by atoms with E-state index in [1.807, 2.05) is 0 Å². The zero-order valence-corrected chi connectivity index (χ0v) is 20.7. The minimum Gasteiger partial charge on any atom is -0.465 e. The van der Waals surface area contributed by atoms with Crippen LogP contribution in [0.2, 0.25) is 0 Å². The first-order chi connectivity index (χ1) is 15.2. The predicted molar refractivity (Wildman–Crippen MR) is 128 cm³/mol. The minimum absolute atomic E-state index is 0.334. The van der Waals surface area contributed by atoms with Gasteiger partial charge in [-0.2, -0.15) is 0 Å². The molecule has 1 aliphatic carbocycles. The van der Waals surface area contributed by atoms with Crippen LogP contribution in [0.25, 0.3) is 0 Å². The second-order valence-corrected chi connectivity index (χ2v) is 9.51. The average Bonchev–Trinajstić information content (AvgIpc) is 2.79. The van der Waals surface area contributed by atoms with Crippen LogP contribution in [0, 0.1) is 5.41 Å². The van der Waals surface area contributed by atoms with E-state index in [9.17, 15) is 9.59 Å². The van der Waals surface area contributed by atoms with E-state index in [0.29, 0.717) is 26.1 Å². The fraction of sp³-hybridized carbons (Fsp3) is 0.926. The number of hydrogen-bond acceptors (Lipinski definition) is 4. The molecule has 0 aromatic rings. The van der Waals surface area contributed by atoms with Crippen LogP contribution in [-0.4, -0.2) is 25.2 Å². The maximum Gasteiger partial charge on any atom is 0.323 e. The lowest BCUT2D eigenvalue weighted by Crippen LogP contribution is -2.43. The quantitative estimate of drug-likeness (QED) is 0.117. The second-order valence-electron chi connectivity index (χ2n) is 9.51. The third kappa shape index (κ3) is 11.9. The Bertz CT molecular complexity index is 454. The topological polar surface area (TPSA) is 52.6 Å². The van der Waals surface area contributed by atoms with Gasteiger partial charge in [-0.3, -0.25) is 9.59 Å². The van der Waals surface area contributed by atoms with Gasteiger partial charge in [0.1, 0.15) is 0 Å². The molecule has 0 saturated heterocycles. The molecule has 4 nitrogen and oxygen atoms in total. The van der Waals surface area contributed by atoms with Gasteiger partial charge in [0.2, 0.25) is 0 Å². The van der Waals surface area contributed by atoms with Crippen LogP contribution in [0.15, 0.2) is 0 Å². The van der Waals surface area contributed by atoms with Crippen molar-refractivity contribution in [3.8, 4) is 0 Å². The summed E-state index contributed by atoms with van der Waals surface area (Å²) in [6, 6.07) is 0. The highest BCUT2D eigenvalue weighted by atomic mass is 16.6. The summed E-state index contributed by atoms with van der Waals surface area (Å²) in [5.41, 5.74) is -1.04. The maximum absolute atomic E-state index is 12.9. The van der Waals surface area contributed by atoms with Gasteiger partial charge < -0.3 is 9.47 Å². The van der Waals surface area contributed by atoms with Crippen molar-refractivity contribution in [3.05, 3.63) is 0 Å². The van der Waals surface area contributed by atoms with E-state index in [-0.39, 0.29) is 11.9 Å². The van der Waals surface area contributed by atoms with E-state index in [0.717, 1.165) is 44.9 Å². The number of carbonyl (C=O) groups is 2. The van der Waals surface area contributed by atoms with Crippen LogP contribution in [0.4, 0.5) is 0 Å². The van der Waals surface area contributed by atoms with Crippen molar-refractivity contribution in [2.45, 2.75) is 142 Å². The van der Waals surface area contributed by atoms with Crippen molar-refractivity contribution in [3.63, 3.8) is 0 Å². The van der Waals surface area contributed by atoms with Gasteiger partial charge in [0, 0.05) is 0 Å². The molecule has 0 heterocycles. The SMILES string of the molecule is CCCCCCCCCCOC(=O)C1(C(=O)OCCCCCCCCC)CCCCC1. The Morgan fingerprint density at radius 1 is 0.548 bits per heavy atom. The molecule has 0 amide bonds. The monoisotopic (exact) mass is 438 g/mol. The van der Waals surface area contributed by atoms with Crippen LogP contribution in [-0.2, 0) is 19.1 Å². The average molecular weight is 439 g/mol. The van der Waals surface area contributed by atoms with Gasteiger partial charge in [0.25, 0.3) is 0 Å². The summed E-state index contributed by atoms with van der Waals surface area (Å²) < 4.78 is 11.2. The number of carbonyl (C=O) groups excluding carboxylic acids is 2. The van der Waals surface area contributed by atoms with E-state index in [1.54, 1.807) is 0 Å². The van der Waals surface area contributed by atoms with Crippen LogP contribution in [0.5, 0.6) is 0 Å². The van der Waals surface area contributed by atoms with Gasteiger partial charge in [0.15, 0.2) is 5.41 Å². The molecule has 0 unspecified atom stereocenters. The zero-order valence-electron chi connectivity index (χ0n) is 20.7. The molecular weight excluding hydrogens is 388 g/mol. The normalized spacial score (nSPS) is 15.5. The number of unbranched alkanes of at least 4 members (excludes halogenated alkanes) is 13. The molecule has 1 fully saturated rings. The van der Waals surface area contributed by atoms with Crippen LogP contribution < -0.4 is 0 Å². The Hall–Kier alpha value is -1.06. The summed E-state index contributed by atoms with van der Waals surface area (Å²) in [6.45, 7) is 5.32. The lowest BCUT2D eigenvalue weighted by Gasteiger charge is -2.32. The standard InChI is InChI=1S/C27H50O4/c1-3-5-7-9-11-13-15-20-24-31-26(29)27(21-17-16-18-22-27)25(28)30-23-19-14-12-10-8-6-4-2/h3-24H2,1-2H3. The molecule has 1 aliphatic rings. The number of ether oxygens (including phenoxy) is 2. The first-order valence-electron chi connectivity index (χ1n) is 13.5. The van der Waals surface area contributed by atoms with Crippen molar-refractivity contribution in [2.24, 2.45) is 5.41 Å². The minimum atomic E-state index is -1.04. The summed E-state index contributed by atoms with van der Waals surface area (Å²) in [4.78, 5) is 25.8. The summed E-state index contributed by atoms with van der Waals surface area (Å²) in [5.74, 6) is -0.668. The lowest BCUT2D eigenvalue weighted by molar-refractivity contribution is -0.175. The van der Waals surface area contributed by atoms with Gasteiger partial charge in [-0.25, -0.2) is 0 Å². The molecule has 0 atom stereocenters. The molecule has 0 aromatic carbocycles. The molecule has 0 N–H and O–H groups in total. The van der Waals surface area contributed by atoms with Gasteiger partial charge in [-0.1, -0.05) is 117 Å². The van der Waals surface area contributed by atoms with E-state index in [1.165, 1.54) is 70.6 Å². The van der Waals surface area contributed by atoms with Crippen LogP contribution in [0.3, 0.4) is 0 Å². The van der Waals surface area contributed by atoms with Crippen molar-refractivity contribution < 1.29 is 19.1 Å². The number of hydrogen-bond donors (Lipinski definition) is 0. The highest BCUT2D eigenvalue weighted by Gasteiger charge is 2.49. The molecule has 0 aromatic heterocycles. The molecule has 31 heavy (non-hydrogen) atoms. The Balaban J connectivity index is 2.27. The highest BCUT2D eigenvalue weighted by Crippen LogP contribution is 2.39. The number of rotatable bonds is 19. The maximum atomic E-state index is 12.9. The summed E-state index contributed by atoms with van der Waals surface area (Å²) in [6.07, 6.45) is 22.0. The Kier molecular flexibility index (Phi) is 16.7. The van der Waals surface area contributed by atoms with Crippen molar-refractivity contribution in [2.75, 3.05) is 13.2 Å². The van der Waals surface area contributed by atoms with Gasteiger partial charge in [-0.05, 0) is 25.7 Å². The number of esters is 2. The first-order valence-corrected chi connectivity index (χ1v) is 13.5. The molecule has 1 saturated carbocycles. The molecular formula is C27H50O4. The molecule has 0 bridgehead atoms. The highest BCUT2D eigenvalue weighted by molar-refractivity contribution is 6.00. The molecule has 1 rings (SSSR count). The lowest BCUT2D eigenvalue weighted by atomic mass is 9.74. The molecule has 182 valence electrons. The van der Waals surface area contributed by atoms with Crippen molar-refractivity contribution in [1.29, 1.82) is 0 Å². The van der Waals surface area contributed by atoms with E-state index < -0.39 is 5.41 Å². The molecule has 0 spiro atoms. The molecule has 4 heteroatoms. The Morgan fingerprint density at radius 3 is 1.29 bits per heavy atom. The second kappa shape index (κ2) is 18.5. The van der Waals surface area contributed by atoms with Crippen LogP contribution in [0.1, 0.15) is 142 Å².